The number of carbonyl (C=O) groups is 1. The minimum Gasteiger partial charge on any atom is -0.444 e. The van der Waals surface area contributed by atoms with Gasteiger partial charge in [0.1, 0.15) is 11.6 Å². The molecule has 0 saturated heterocycles. The van der Waals surface area contributed by atoms with Gasteiger partial charge in [0.05, 0.1) is 0 Å². The van der Waals surface area contributed by atoms with Gasteiger partial charge in [0, 0.05) is 5.75 Å². The van der Waals surface area contributed by atoms with Crippen LogP contribution in [0, 0.1) is 5.92 Å². The summed E-state index contributed by atoms with van der Waals surface area (Å²) in [5.74, 6) is 1.28. The van der Waals surface area contributed by atoms with E-state index in [1.165, 1.54) is 17.3 Å². The van der Waals surface area contributed by atoms with E-state index in [0.717, 1.165) is 12.2 Å². The standard InChI is InChI=1S/C19H27N3O3S/c1-6-13(2)15(20-17(23)25-19(3,4)5)16-21-22-18(24-16)26-12-14-10-8-7-9-11-14/h7-11,13,15H,6,12H2,1-5H3,(H,20,23)/t13-,15-/m1/s1. The van der Waals surface area contributed by atoms with Gasteiger partial charge in [-0.3, -0.25) is 0 Å². The average Bonchev–Trinajstić information content (AvgIpc) is 3.05. The molecule has 1 aromatic carbocycles. The fourth-order valence-corrected chi connectivity index (χ4v) is 2.97. The summed E-state index contributed by atoms with van der Waals surface area (Å²) in [7, 11) is 0. The third kappa shape index (κ3) is 6.37. The summed E-state index contributed by atoms with van der Waals surface area (Å²) in [5.41, 5.74) is 0.623. The molecule has 0 aliphatic rings. The Hall–Kier alpha value is -2.02. The van der Waals surface area contributed by atoms with E-state index < -0.39 is 11.7 Å². The van der Waals surface area contributed by atoms with E-state index in [0.29, 0.717) is 11.1 Å². The number of hydrogen-bond acceptors (Lipinski definition) is 6. The predicted octanol–water partition coefficient (Wildman–Crippen LogP) is 4.97. The molecule has 7 heteroatoms. The van der Waals surface area contributed by atoms with E-state index in [4.69, 9.17) is 9.15 Å². The third-order valence-electron chi connectivity index (χ3n) is 3.78. The van der Waals surface area contributed by atoms with Crippen LogP contribution >= 0.6 is 11.8 Å². The summed E-state index contributed by atoms with van der Waals surface area (Å²) < 4.78 is 11.1. The first-order chi connectivity index (χ1) is 12.3. The lowest BCUT2D eigenvalue weighted by molar-refractivity contribution is 0.0474. The topological polar surface area (TPSA) is 77.2 Å². The number of amides is 1. The third-order valence-corrected chi connectivity index (χ3v) is 4.67. The van der Waals surface area contributed by atoms with Crippen LogP contribution in [0.5, 0.6) is 0 Å². The Morgan fingerprint density at radius 3 is 2.58 bits per heavy atom. The maximum absolute atomic E-state index is 12.2. The molecule has 2 aromatic rings. The first kappa shape index (κ1) is 20.3. The Bertz CT molecular complexity index is 698. The second kappa shape index (κ2) is 9.07. The number of thioether (sulfide) groups is 1. The van der Waals surface area contributed by atoms with Crippen molar-refractivity contribution in [1.29, 1.82) is 0 Å². The minimum atomic E-state index is -0.560. The van der Waals surface area contributed by atoms with Crippen LogP contribution in [0.1, 0.15) is 58.5 Å². The van der Waals surface area contributed by atoms with Crippen LogP contribution in [-0.2, 0) is 10.5 Å². The molecule has 0 unspecified atom stereocenters. The fourth-order valence-electron chi connectivity index (χ4n) is 2.24. The molecule has 0 spiro atoms. The number of ether oxygens (including phenoxy) is 1. The second-order valence-corrected chi connectivity index (χ2v) is 8.12. The predicted molar refractivity (Wildman–Crippen MR) is 102 cm³/mol. The van der Waals surface area contributed by atoms with Gasteiger partial charge in [-0.25, -0.2) is 4.79 Å². The SMILES string of the molecule is CC[C@@H](C)[C@@H](NC(=O)OC(C)(C)C)c1nnc(SCc2ccccc2)o1. The number of carbonyl (C=O) groups excluding carboxylic acids is 1. The van der Waals surface area contributed by atoms with Crippen molar-refractivity contribution in [3.8, 4) is 0 Å². The van der Waals surface area contributed by atoms with Gasteiger partial charge in [0.2, 0.25) is 5.89 Å². The molecule has 1 aromatic heterocycles. The molecule has 0 fully saturated rings. The highest BCUT2D eigenvalue weighted by Gasteiger charge is 2.28. The molecule has 0 aliphatic carbocycles. The number of aromatic nitrogens is 2. The van der Waals surface area contributed by atoms with Gasteiger partial charge in [0.25, 0.3) is 5.22 Å². The molecule has 6 nitrogen and oxygen atoms in total. The fraction of sp³-hybridized carbons (Fsp3) is 0.526. The highest BCUT2D eigenvalue weighted by molar-refractivity contribution is 7.98. The van der Waals surface area contributed by atoms with Gasteiger partial charge in [-0.2, -0.15) is 0 Å². The molecular weight excluding hydrogens is 350 g/mol. The largest absolute Gasteiger partial charge is 0.444 e. The van der Waals surface area contributed by atoms with Crippen LogP contribution in [0.2, 0.25) is 0 Å². The molecule has 1 N–H and O–H groups in total. The van der Waals surface area contributed by atoms with Crippen molar-refractivity contribution in [2.24, 2.45) is 5.92 Å². The van der Waals surface area contributed by atoms with Crippen molar-refractivity contribution in [2.75, 3.05) is 0 Å². The van der Waals surface area contributed by atoms with E-state index in [1.54, 1.807) is 0 Å². The van der Waals surface area contributed by atoms with E-state index in [2.05, 4.69) is 34.6 Å². The van der Waals surface area contributed by atoms with Crippen molar-refractivity contribution >= 4 is 17.9 Å². The Morgan fingerprint density at radius 1 is 1.27 bits per heavy atom. The maximum Gasteiger partial charge on any atom is 0.408 e. The summed E-state index contributed by atoms with van der Waals surface area (Å²) >= 11 is 1.48. The molecule has 2 atom stereocenters. The van der Waals surface area contributed by atoms with Gasteiger partial charge in [-0.15, -0.1) is 10.2 Å². The van der Waals surface area contributed by atoms with Crippen molar-refractivity contribution in [2.45, 2.75) is 63.7 Å². The van der Waals surface area contributed by atoms with Crippen molar-refractivity contribution in [3.63, 3.8) is 0 Å². The number of hydrogen-bond donors (Lipinski definition) is 1. The van der Waals surface area contributed by atoms with Crippen molar-refractivity contribution < 1.29 is 13.9 Å². The highest BCUT2D eigenvalue weighted by atomic mass is 32.2. The molecular formula is C19H27N3O3S. The molecule has 142 valence electrons. The van der Waals surface area contributed by atoms with Crippen LogP contribution in [0.3, 0.4) is 0 Å². The van der Waals surface area contributed by atoms with E-state index in [1.807, 2.05) is 45.9 Å². The Balaban J connectivity index is 2.04. The maximum atomic E-state index is 12.2. The molecule has 0 bridgehead atoms. The lowest BCUT2D eigenvalue weighted by atomic mass is 9.99. The van der Waals surface area contributed by atoms with Crippen LogP contribution in [0.25, 0.3) is 0 Å². The molecule has 0 aliphatic heterocycles. The summed E-state index contributed by atoms with van der Waals surface area (Å²) in [5, 5.41) is 11.6. The average molecular weight is 378 g/mol. The monoisotopic (exact) mass is 377 g/mol. The number of nitrogens with one attached hydrogen (secondary N) is 1. The zero-order valence-corrected chi connectivity index (χ0v) is 16.8. The van der Waals surface area contributed by atoms with Gasteiger partial charge < -0.3 is 14.5 Å². The number of rotatable bonds is 7. The summed E-state index contributed by atoms with van der Waals surface area (Å²) in [6, 6.07) is 9.70. The van der Waals surface area contributed by atoms with E-state index in [-0.39, 0.29) is 12.0 Å². The van der Waals surface area contributed by atoms with Crippen LogP contribution in [-0.4, -0.2) is 21.9 Å². The number of alkyl carbamates (subject to hydrolysis) is 1. The van der Waals surface area contributed by atoms with Crippen molar-refractivity contribution in [3.05, 3.63) is 41.8 Å². The highest BCUT2D eigenvalue weighted by Crippen LogP contribution is 2.28. The summed E-state index contributed by atoms with van der Waals surface area (Å²) in [4.78, 5) is 12.2. The first-order valence-electron chi connectivity index (χ1n) is 8.78. The molecule has 1 amide bonds. The lowest BCUT2D eigenvalue weighted by Crippen LogP contribution is -2.37. The molecule has 2 rings (SSSR count). The Labute approximate surface area is 159 Å². The van der Waals surface area contributed by atoms with Crippen LogP contribution in [0.15, 0.2) is 40.0 Å². The lowest BCUT2D eigenvalue weighted by Gasteiger charge is -2.24. The normalized spacial score (nSPS) is 13.9. The van der Waals surface area contributed by atoms with Gasteiger partial charge >= 0.3 is 6.09 Å². The smallest absolute Gasteiger partial charge is 0.408 e. The zero-order chi connectivity index (χ0) is 19.2. The number of benzene rings is 1. The minimum absolute atomic E-state index is 0.134. The van der Waals surface area contributed by atoms with Gasteiger partial charge in [-0.05, 0) is 32.3 Å². The Morgan fingerprint density at radius 2 is 1.96 bits per heavy atom. The van der Waals surface area contributed by atoms with Gasteiger partial charge in [-0.1, -0.05) is 62.4 Å². The summed E-state index contributed by atoms with van der Waals surface area (Å²) in [6.45, 7) is 9.57. The number of nitrogens with zero attached hydrogens (tertiary/aromatic N) is 2. The zero-order valence-electron chi connectivity index (χ0n) is 16.0. The molecule has 26 heavy (non-hydrogen) atoms. The molecule has 0 radical (unpaired) electrons. The van der Waals surface area contributed by atoms with E-state index in [9.17, 15) is 4.79 Å². The Kier molecular flexibility index (Phi) is 7.08. The van der Waals surface area contributed by atoms with Crippen molar-refractivity contribution in [1.82, 2.24) is 15.5 Å². The quantitative estimate of drug-likeness (QED) is 0.686. The molecule has 0 saturated carbocycles. The van der Waals surface area contributed by atoms with E-state index >= 15 is 0 Å². The first-order valence-corrected chi connectivity index (χ1v) is 9.76. The van der Waals surface area contributed by atoms with Gasteiger partial charge in [0.15, 0.2) is 0 Å². The second-order valence-electron chi connectivity index (χ2n) is 7.19. The summed E-state index contributed by atoms with van der Waals surface area (Å²) in [6.07, 6.45) is 0.370. The van der Waals surface area contributed by atoms with Crippen LogP contribution < -0.4 is 5.32 Å². The van der Waals surface area contributed by atoms with Crippen LogP contribution in [0.4, 0.5) is 4.79 Å². The molecule has 1 heterocycles.